The minimum Gasteiger partial charge on any atom is -0.465 e. The Balaban J connectivity index is 2.20. The summed E-state index contributed by atoms with van der Waals surface area (Å²) in [6.45, 7) is 0.980. The molecule has 10 heavy (non-hydrogen) atoms. The first kappa shape index (κ1) is 7.50. The fraction of sp³-hybridized carbons (Fsp3) is 0.833. The minimum atomic E-state index is -0.114. The summed E-state index contributed by atoms with van der Waals surface area (Å²) in [5.74, 6) is 4.70. The van der Waals surface area contributed by atoms with Gasteiger partial charge in [0.2, 0.25) is 0 Å². The molecule has 1 rings (SSSR count). The van der Waals surface area contributed by atoms with Gasteiger partial charge in [-0.1, -0.05) is 0 Å². The second-order valence-corrected chi connectivity index (χ2v) is 2.31. The summed E-state index contributed by atoms with van der Waals surface area (Å²) >= 11 is 0. The largest absolute Gasteiger partial charge is 0.465 e. The topological polar surface area (TPSA) is 61.6 Å². The van der Waals surface area contributed by atoms with E-state index in [1.165, 1.54) is 0 Å². The van der Waals surface area contributed by atoms with Gasteiger partial charge in [-0.15, -0.1) is 0 Å². The highest BCUT2D eigenvalue weighted by Gasteiger charge is 2.25. The molecule has 0 aromatic heterocycles. The molecule has 58 valence electrons. The van der Waals surface area contributed by atoms with Crippen molar-refractivity contribution in [1.29, 1.82) is 0 Å². The molecule has 0 aromatic rings. The summed E-state index contributed by atoms with van der Waals surface area (Å²) in [5, 5.41) is 0. The first-order valence-corrected chi connectivity index (χ1v) is 3.33. The predicted octanol–water partition coefficient (Wildman–Crippen LogP) is -0.170. The average molecular weight is 145 g/mol. The summed E-state index contributed by atoms with van der Waals surface area (Å²) in [5.41, 5.74) is 0. The first-order valence-electron chi connectivity index (χ1n) is 3.33. The maximum absolute atomic E-state index is 10.8. The van der Waals surface area contributed by atoms with Crippen LogP contribution in [0, 0.1) is 5.92 Å². The number of hydrogen-bond acceptors (Lipinski definition) is 4. The first-order chi connectivity index (χ1) is 4.84. The highest BCUT2D eigenvalue weighted by molar-refractivity contribution is 5.73. The molecule has 1 heterocycles. The van der Waals surface area contributed by atoms with Crippen molar-refractivity contribution in [3.63, 3.8) is 0 Å². The van der Waals surface area contributed by atoms with E-state index >= 15 is 0 Å². The van der Waals surface area contributed by atoms with E-state index in [0.29, 0.717) is 19.6 Å². The molecule has 0 radical (unpaired) electrons. The van der Waals surface area contributed by atoms with Crippen LogP contribution in [-0.2, 0) is 14.4 Å². The highest BCUT2D eigenvalue weighted by atomic mass is 16.6. The summed E-state index contributed by atoms with van der Waals surface area (Å²) < 4.78 is 4.73. The standard InChI is InChI=1S/C6H11NO3/c7-10-4-2-5-1-3-9-6(5)8/h5H,1-4,7H2. The van der Waals surface area contributed by atoms with Crippen molar-refractivity contribution in [2.45, 2.75) is 12.8 Å². The zero-order valence-electron chi connectivity index (χ0n) is 5.71. The van der Waals surface area contributed by atoms with Gasteiger partial charge in [0, 0.05) is 0 Å². The van der Waals surface area contributed by atoms with Crippen molar-refractivity contribution in [3.8, 4) is 0 Å². The molecule has 1 unspecified atom stereocenters. The average Bonchev–Trinajstić information content (AvgIpc) is 2.31. The van der Waals surface area contributed by atoms with Gasteiger partial charge in [0.1, 0.15) is 0 Å². The lowest BCUT2D eigenvalue weighted by atomic mass is 10.1. The quantitative estimate of drug-likeness (QED) is 0.442. The lowest BCUT2D eigenvalue weighted by Gasteiger charge is -2.01. The molecule has 1 saturated heterocycles. The summed E-state index contributed by atoms with van der Waals surface area (Å²) in [4.78, 5) is 15.1. The van der Waals surface area contributed by atoms with Crippen LogP contribution in [0.15, 0.2) is 0 Å². The Kier molecular flexibility index (Phi) is 2.65. The number of carbonyl (C=O) groups is 1. The van der Waals surface area contributed by atoms with Crippen molar-refractivity contribution in [1.82, 2.24) is 0 Å². The van der Waals surface area contributed by atoms with E-state index in [-0.39, 0.29) is 11.9 Å². The third-order valence-corrected chi connectivity index (χ3v) is 1.63. The number of cyclic esters (lactones) is 1. The number of hydrogen-bond donors (Lipinski definition) is 1. The Labute approximate surface area is 59.2 Å². The molecule has 0 bridgehead atoms. The van der Waals surface area contributed by atoms with Gasteiger partial charge in [0.25, 0.3) is 0 Å². The molecular formula is C6H11NO3. The fourth-order valence-corrected chi connectivity index (χ4v) is 1.01. The zero-order chi connectivity index (χ0) is 7.40. The molecule has 2 N–H and O–H groups in total. The second kappa shape index (κ2) is 3.53. The number of rotatable bonds is 3. The van der Waals surface area contributed by atoms with E-state index in [0.717, 1.165) is 6.42 Å². The molecule has 4 nitrogen and oxygen atoms in total. The monoisotopic (exact) mass is 145 g/mol. The highest BCUT2D eigenvalue weighted by Crippen LogP contribution is 2.17. The molecule has 0 saturated carbocycles. The Morgan fingerprint density at radius 2 is 2.60 bits per heavy atom. The van der Waals surface area contributed by atoms with E-state index in [1.807, 2.05) is 0 Å². The van der Waals surface area contributed by atoms with E-state index in [1.54, 1.807) is 0 Å². The van der Waals surface area contributed by atoms with Crippen LogP contribution in [-0.4, -0.2) is 19.2 Å². The third kappa shape index (κ3) is 1.68. The number of carbonyl (C=O) groups excluding carboxylic acids is 1. The summed E-state index contributed by atoms with van der Waals surface area (Å²) in [6, 6.07) is 0. The smallest absolute Gasteiger partial charge is 0.309 e. The van der Waals surface area contributed by atoms with Gasteiger partial charge >= 0.3 is 5.97 Å². The maximum atomic E-state index is 10.8. The molecule has 1 aliphatic heterocycles. The van der Waals surface area contributed by atoms with Crippen molar-refractivity contribution < 1.29 is 14.4 Å². The van der Waals surface area contributed by atoms with Gasteiger partial charge in [0.05, 0.1) is 19.1 Å². The van der Waals surface area contributed by atoms with Crippen molar-refractivity contribution >= 4 is 5.97 Å². The van der Waals surface area contributed by atoms with Crippen LogP contribution < -0.4 is 5.90 Å². The van der Waals surface area contributed by atoms with Gasteiger partial charge < -0.3 is 9.57 Å². The lowest BCUT2D eigenvalue weighted by Crippen LogP contribution is -2.12. The van der Waals surface area contributed by atoms with Crippen LogP contribution in [0.3, 0.4) is 0 Å². The summed E-state index contributed by atoms with van der Waals surface area (Å²) in [7, 11) is 0. The Morgan fingerprint density at radius 1 is 1.80 bits per heavy atom. The second-order valence-electron chi connectivity index (χ2n) is 2.31. The van der Waals surface area contributed by atoms with Crippen LogP contribution in [0.2, 0.25) is 0 Å². The number of nitrogens with two attached hydrogens (primary N) is 1. The molecule has 0 aromatic carbocycles. The summed E-state index contributed by atoms with van der Waals surface area (Å²) in [6.07, 6.45) is 1.48. The van der Waals surface area contributed by atoms with Gasteiger partial charge in [-0.3, -0.25) is 4.79 Å². The normalized spacial score (nSPS) is 24.9. The van der Waals surface area contributed by atoms with Gasteiger partial charge in [-0.25, -0.2) is 5.90 Å². The van der Waals surface area contributed by atoms with Gasteiger partial charge in [-0.05, 0) is 12.8 Å². The van der Waals surface area contributed by atoms with Crippen LogP contribution in [0.1, 0.15) is 12.8 Å². The van der Waals surface area contributed by atoms with E-state index < -0.39 is 0 Å². The fourth-order valence-electron chi connectivity index (χ4n) is 1.01. The number of ether oxygens (including phenoxy) is 1. The van der Waals surface area contributed by atoms with Crippen molar-refractivity contribution in [2.24, 2.45) is 11.8 Å². The van der Waals surface area contributed by atoms with Crippen LogP contribution in [0.5, 0.6) is 0 Å². The molecule has 0 aliphatic carbocycles. The molecule has 1 atom stereocenters. The minimum absolute atomic E-state index is 0.0172. The Bertz CT molecular complexity index is 126. The third-order valence-electron chi connectivity index (χ3n) is 1.63. The molecular weight excluding hydrogens is 134 g/mol. The van der Waals surface area contributed by atoms with E-state index in [9.17, 15) is 4.79 Å². The molecule has 0 amide bonds. The zero-order valence-corrected chi connectivity index (χ0v) is 5.71. The van der Waals surface area contributed by atoms with Crippen LogP contribution in [0.25, 0.3) is 0 Å². The van der Waals surface area contributed by atoms with Crippen LogP contribution >= 0.6 is 0 Å². The molecule has 4 heteroatoms. The van der Waals surface area contributed by atoms with Crippen LogP contribution in [0.4, 0.5) is 0 Å². The molecule has 0 spiro atoms. The molecule has 1 fully saturated rings. The maximum Gasteiger partial charge on any atom is 0.309 e. The Morgan fingerprint density at radius 3 is 3.10 bits per heavy atom. The van der Waals surface area contributed by atoms with Gasteiger partial charge in [0.15, 0.2) is 0 Å². The molecule has 1 aliphatic rings. The van der Waals surface area contributed by atoms with Gasteiger partial charge in [-0.2, -0.15) is 0 Å². The Hall–Kier alpha value is -0.610. The van der Waals surface area contributed by atoms with E-state index in [2.05, 4.69) is 4.84 Å². The van der Waals surface area contributed by atoms with Crippen molar-refractivity contribution in [3.05, 3.63) is 0 Å². The SMILES string of the molecule is NOCCC1CCOC1=O. The number of esters is 1. The van der Waals surface area contributed by atoms with Crippen molar-refractivity contribution in [2.75, 3.05) is 13.2 Å². The van der Waals surface area contributed by atoms with E-state index in [4.69, 9.17) is 10.6 Å². The predicted molar refractivity (Wildman–Crippen MR) is 33.8 cm³/mol. The lowest BCUT2D eigenvalue weighted by molar-refractivity contribution is -0.141.